The van der Waals surface area contributed by atoms with Gasteiger partial charge in [-0.15, -0.1) is 0 Å². The lowest BCUT2D eigenvalue weighted by Crippen LogP contribution is -2.40. The van der Waals surface area contributed by atoms with Crippen molar-refractivity contribution in [2.24, 2.45) is 0 Å². The van der Waals surface area contributed by atoms with Crippen LogP contribution >= 0.6 is 0 Å². The number of aryl methyl sites for hydroxylation is 1. The third kappa shape index (κ3) is 4.45. The molecule has 33 heavy (non-hydrogen) atoms. The number of pyridine rings is 2. The molecule has 0 bridgehead atoms. The Balaban J connectivity index is 1.61. The zero-order chi connectivity index (χ0) is 23.4. The van der Waals surface area contributed by atoms with Crippen LogP contribution in [0.1, 0.15) is 37.0 Å². The maximum Gasteiger partial charge on any atom is 0.332 e. The van der Waals surface area contributed by atoms with Gasteiger partial charge < -0.3 is 10.3 Å². The molecule has 10 heteroatoms. The van der Waals surface area contributed by atoms with Gasteiger partial charge in [0.1, 0.15) is 17.2 Å². The van der Waals surface area contributed by atoms with Crippen molar-refractivity contribution in [2.75, 3.05) is 11.9 Å². The molecule has 0 fully saturated rings. The van der Waals surface area contributed by atoms with Gasteiger partial charge in [0.2, 0.25) is 0 Å². The summed E-state index contributed by atoms with van der Waals surface area (Å²) in [6.45, 7) is 4.81. The third-order valence-corrected chi connectivity index (χ3v) is 5.22. The number of hydrogen-bond donors (Lipinski definition) is 2. The molecule has 0 aromatic carbocycles. The van der Waals surface area contributed by atoms with Crippen LogP contribution in [0.2, 0.25) is 0 Å². The number of aromatic nitrogens is 6. The van der Waals surface area contributed by atoms with E-state index in [0.717, 1.165) is 6.42 Å². The molecule has 2 N–H and O–H groups in total. The van der Waals surface area contributed by atoms with E-state index in [4.69, 9.17) is 0 Å². The summed E-state index contributed by atoms with van der Waals surface area (Å²) in [6.07, 6.45) is 6.16. The van der Waals surface area contributed by atoms with Crippen molar-refractivity contribution in [1.82, 2.24) is 29.1 Å². The number of Topliss-reactive ketones (excluding diaryl/α,β-unsaturated/α-hetero) is 1. The molecule has 0 aliphatic heterocycles. The first kappa shape index (κ1) is 22.1. The highest BCUT2D eigenvalue weighted by atomic mass is 16.2. The fourth-order valence-electron chi connectivity index (χ4n) is 3.60. The average molecular weight is 447 g/mol. The topological polar surface area (TPSA) is 128 Å². The second kappa shape index (κ2) is 9.60. The Hall–Kier alpha value is -4.08. The lowest BCUT2D eigenvalue weighted by atomic mass is 10.2. The summed E-state index contributed by atoms with van der Waals surface area (Å²) in [6, 6.07) is 6.84. The lowest BCUT2D eigenvalue weighted by molar-refractivity contribution is 0.101. The number of nitrogens with one attached hydrogen (secondary N) is 2. The van der Waals surface area contributed by atoms with E-state index >= 15 is 0 Å². The number of carbonyl (C=O) groups excluding carboxylic acids is 1. The van der Waals surface area contributed by atoms with Crippen molar-refractivity contribution in [3.8, 4) is 11.4 Å². The normalized spacial score (nSPS) is 11.1. The van der Waals surface area contributed by atoms with Crippen LogP contribution < -0.4 is 16.6 Å². The van der Waals surface area contributed by atoms with Crippen molar-refractivity contribution in [2.45, 2.75) is 39.8 Å². The predicted molar refractivity (Wildman–Crippen MR) is 125 cm³/mol. The van der Waals surface area contributed by atoms with E-state index in [1.54, 1.807) is 47.4 Å². The fourth-order valence-corrected chi connectivity index (χ4v) is 3.60. The number of fused-ring (bicyclic) bond motifs is 1. The zero-order valence-corrected chi connectivity index (χ0v) is 18.5. The van der Waals surface area contributed by atoms with Crippen molar-refractivity contribution in [1.29, 1.82) is 0 Å². The number of hydrogen-bond acceptors (Lipinski definition) is 7. The molecule has 0 unspecified atom stereocenters. The molecular formula is C23H25N7O3. The summed E-state index contributed by atoms with van der Waals surface area (Å²) < 4.78 is 2.80. The summed E-state index contributed by atoms with van der Waals surface area (Å²) >= 11 is 0. The Morgan fingerprint density at radius 1 is 1.03 bits per heavy atom. The molecule has 0 spiro atoms. The maximum atomic E-state index is 12.9. The SMILES string of the molecule is CCCn1c(=O)c2[nH]c(-c3ccc(NCC(=O)c4ccncc4)nc3)nc2n(CCC)c1=O. The quantitative estimate of drug-likeness (QED) is 0.377. The van der Waals surface area contributed by atoms with Crippen LogP contribution in [-0.2, 0) is 13.1 Å². The van der Waals surface area contributed by atoms with Crippen LogP contribution in [0.15, 0.2) is 52.4 Å². The largest absolute Gasteiger partial charge is 0.363 e. The molecular weight excluding hydrogens is 422 g/mol. The minimum Gasteiger partial charge on any atom is -0.363 e. The van der Waals surface area contributed by atoms with Crippen LogP contribution in [0.3, 0.4) is 0 Å². The molecule has 0 aliphatic rings. The lowest BCUT2D eigenvalue weighted by Gasteiger charge is -2.09. The first-order valence-corrected chi connectivity index (χ1v) is 10.9. The highest BCUT2D eigenvalue weighted by Crippen LogP contribution is 2.19. The molecule has 0 saturated heterocycles. The number of imidazole rings is 1. The Bertz CT molecular complexity index is 1390. The summed E-state index contributed by atoms with van der Waals surface area (Å²) in [5.74, 6) is 0.913. The van der Waals surface area contributed by atoms with Crippen LogP contribution in [0.4, 0.5) is 5.82 Å². The van der Waals surface area contributed by atoms with E-state index in [9.17, 15) is 14.4 Å². The number of aromatic amines is 1. The molecule has 170 valence electrons. The summed E-state index contributed by atoms with van der Waals surface area (Å²) in [5, 5.41) is 3.00. The van der Waals surface area contributed by atoms with E-state index in [2.05, 4.69) is 25.3 Å². The molecule has 4 rings (SSSR count). The van der Waals surface area contributed by atoms with Crippen molar-refractivity contribution in [3.63, 3.8) is 0 Å². The Kier molecular flexibility index (Phi) is 6.43. The first-order valence-electron chi connectivity index (χ1n) is 10.9. The molecule has 0 atom stereocenters. The van der Waals surface area contributed by atoms with Gasteiger partial charge >= 0.3 is 5.69 Å². The Morgan fingerprint density at radius 2 is 1.76 bits per heavy atom. The summed E-state index contributed by atoms with van der Waals surface area (Å²) in [5.41, 5.74) is 1.17. The van der Waals surface area contributed by atoms with Crippen molar-refractivity contribution in [3.05, 3.63) is 69.3 Å². The number of nitrogens with zero attached hydrogens (tertiary/aromatic N) is 5. The van der Waals surface area contributed by atoms with E-state index < -0.39 is 0 Å². The predicted octanol–water partition coefficient (Wildman–Crippen LogP) is 2.46. The Labute approximate surface area is 189 Å². The van der Waals surface area contributed by atoms with Crippen molar-refractivity contribution < 1.29 is 4.79 Å². The van der Waals surface area contributed by atoms with Gasteiger partial charge in [0.15, 0.2) is 11.4 Å². The highest BCUT2D eigenvalue weighted by Gasteiger charge is 2.17. The minimum absolute atomic E-state index is 0.0715. The van der Waals surface area contributed by atoms with Crippen LogP contribution in [0.25, 0.3) is 22.6 Å². The monoisotopic (exact) mass is 447 g/mol. The average Bonchev–Trinajstić information content (AvgIpc) is 3.29. The van der Waals surface area contributed by atoms with E-state index in [-0.39, 0.29) is 23.6 Å². The maximum absolute atomic E-state index is 12.9. The van der Waals surface area contributed by atoms with E-state index in [1.807, 2.05) is 13.8 Å². The van der Waals surface area contributed by atoms with Crippen LogP contribution in [-0.4, -0.2) is 41.4 Å². The number of ketones is 1. The second-order valence-corrected chi connectivity index (χ2v) is 7.62. The first-order chi connectivity index (χ1) is 16.0. The van der Waals surface area contributed by atoms with Crippen molar-refractivity contribution >= 4 is 22.8 Å². The fraction of sp³-hybridized carbons (Fsp3) is 0.304. The van der Waals surface area contributed by atoms with Gasteiger partial charge in [-0.25, -0.2) is 14.8 Å². The van der Waals surface area contributed by atoms with E-state index in [0.29, 0.717) is 53.4 Å². The molecule has 4 aromatic rings. The molecule has 10 nitrogen and oxygen atoms in total. The third-order valence-electron chi connectivity index (χ3n) is 5.22. The van der Waals surface area contributed by atoms with Gasteiger partial charge in [0.25, 0.3) is 5.56 Å². The molecule has 0 saturated carbocycles. The smallest absolute Gasteiger partial charge is 0.332 e. The summed E-state index contributed by atoms with van der Waals surface area (Å²) in [7, 11) is 0. The van der Waals surface area contributed by atoms with Crippen LogP contribution in [0, 0.1) is 0 Å². The summed E-state index contributed by atoms with van der Waals surface area (Å²) in [4.78, 5) is 53.8. The second-order valence-electron chi connectivity index (χ2n) is 7.62. The van der Waals surface area contributed by atoms with Gasteiger partial charge in [-0.3, -0.25) is 23.7 Å². The number of H-pyrrole nitrogens is 1. The zero-order valence-electron chi connectivity index (χ0n) is 18.5. The standard InChI is InChI=1S/C23H25N7O3/c1-3-11-29-21-19(22(32)30(12-4-2)23(29)33)27-20(28-21)16-5-6-18(25-13-16)26-14-17(31)15-7-9-24-10-8-15/h5-10,13H,3-4,11-12,14H2,1-2H3,(H,25,26)(H,27,28). The highest BCUT2D eigenvalue weighted by molar-refractivity contribution is 5.98. The number of rotatable bonds is 9. The molecule has 0 aliphatic carbocycles. The number of carbonyl (C=O) groups is 1. The van der Waals surface area contributed by atoms with Gasteiger partial charge in [0, 0.05) is 42.8 Å². The van der Waals surface area contributed by atoms with Gasteiger partial charge in [-0.1, -0.05) is 13.8 Å². The Morgan fingerprint density at radius 3 is 2.42 bits per heavy atom. The molecule has 0 amide bonds. The van der Waals surface area contributed by atoms with E-state index in [1.165, 1.54) is 4.57 Å². The molecule has 4 aromatic heterocycles. The van der Waals surface area contributed by atoms with Gasteiger partial charge in [0.05, 0.1) is 6.54 Å². The van der Waals surface area contributed by atoms with Gasteiger partial charge in [-0.05, 0) is 37.1 Å². The minimum atomic E-state index is -0.371. The van der Waals surface area contributed by atoms with Crippen LogP contribution in [0.5, 0.6) is 0 Å². The molecule has 0 radical (unpaired) electrons. The van der Waals surface area contributed by atoms with Gasteiger partial charge in [-0.2, -0.15) is 0 Å². The molecule has 4 heterocycles. The number of anilines is 1.